The Morgan fingerprint density at radius 3 is 2.41 bits per heavy atom. The van der Waals surface area contributed by atoms with E-state index in [2.05, 4.69) is 27.4 Å². The van der Waals surface area contributed by atoms with Crippen molar-refractivity contribution >= 4 is 15.5 Å². The number of hydrogen-bond donors (Lipinski definition) is 1. The van der Waals surface area contributed by atoms with Gasteiger partial charge in [0, 0.05) is 36.0 Å². The number of anilines is 1. The van der Waals surface area contributed by atoms with Crippen LogP contribution in [0.5, 0.6) is 5.88 Å². The van der Waals surface area contributed by atoms with Crippen LogP contribution in [0, 0.1) is 0 Å². The van der Waals surface area contributed by atoms with Gasteiger partial charge in [-0.25, -0.2) is 13.4 Å². The van der Waals surface area contributed by atoms with Crippen LogP contribution in [-0.2, 0) is 15.3 Å². The lowest BCUT2D eigenvalue weighted by Gasteiger charge is -2.18. The van der Waals surface area contributed by atoms with E-state index in [1.165, 1.54) is 11.8 Å². The monoisotopic (exact) mass is 409 g/mol. The number of hydrogen-bond acceptors (Lipinski definition) is 6. The number of nitrogens with one attached hydrogen (secondary N) is 1. The second-order valence-electron chi connectivity index (χ2n) is 7.45. The minimum Gasteiger partial charge on any atom is -0.481 e. The zero-order valence-corrected chi connectivity index (χ0v) is 17.2. The maximum atomic E-state index is 11.7. The summed E-state index contributed by atoms with van der Waals surface area (Å²) in [7, 11) is -1.60. The third-order valence-electron chi connectivity index (χ3n) is 5.38. The molecule has 0 radical (unpaired) electrons. The van der Waals surface area contributed by atoms with E-state index in [0.717, 1.165) is 36.3 Å². The van der Waals surface area contributed by atoms with Crippen LogP contribution in [0.4, 0.5) is 5.69 Å². The molecule has 150 valence electrons. The van der Waals surface area contributed by atoms with Crippen molar-refractivity contribution in [1.29, 1.82) is 0 Å². The molecule has 0 unspecified atom stereocenters. The second kappa shape index (κ2) is 7.48. The van der Waals surface area contributed by atoms with Crippen molar-refractivity contribution in [3.8, 4) is 17.1 Å². The molecule has 2 aromatic heterocycles. The van der Waals surface area contributed by atoms with Gasteiger partial charge in [0.15, 0.2) is 9.84 Å². The first-order valence-electron chi connectivity index (χ1n) is 9.41. The fourth-order valence-electron chi connectivity index (χ4n) is 3.39. The highest BCUT2D eigenvalue weighted by molar-refractivity contribution is 7.90. The number of pyridine rings is 2. The first kappa shape index (κ1) is 19.4. The smallest absolute Gasteiger partial charge is 0.213 e. The van der Waals surface area contributed by atoms with Gasteiger partial charge in [-0.1, -0.05) is 12.1 Å². The molecule has 1 aromatic carbocycles. The van der Waals surface area contributed by atoms with Gasteiger partial charge in [0.1, 0.15) is 0 Å². The van der Waals surface area contributed by atoms with Gasteiger partial charge in [0.05, 0.1) is 29.6 Å². The Hall–Kier alpha value is -2.93. The van der Waals surface area contributed by atoms with Gasteiger partial charge in [-0.05, 0) is 48.7 Å². The van der Waals surface area contributed by atoms with Crippen molar-refractivity contribution in [3.05, 3.63) is 66.5 Å². The van der Waals surface area contributed by atoms with E-state index in [9.17, 15) is 8.42 Å². The highest BCUT2D eigenvalue weighted by Crippen LogP contribution is 2.48. The van der Waals surface area contributed by atoms with E-state index in [4.69, 9.17) is 4.74 Å². The molecule has 0 bridgehead atoms. The summed E-state index contributed by atoms with van der Waals surface area (Å²) in [5.41, 5.74) is 4.04. The first-order valence-corrected chi connectivity index (χ1v) is 11.3. The summed E-state index contributed by atoms with van der Waals surface area (Å²) < 4.78 is 28.4. The summed E-state index contributed by atoms with van der Waals surface area (Å²) in [6.45, 7) is 0.817. The molecular formula is C22H23N3O3S. The van der Waals surface area contributed by atoms with Crippen LogP contribution in [-0.4, -0.2) is 38.3 Å². The van der Waals surface area contributed by atoms with E-state index in [0.29, 0.717) is 10.8 Å². The molecule has 3 aromatic rings. The molecule has 7 heteroatoms. The summed E-state index contributed by atoms with van der Waals surface area (Å²) in [4.78, 5) is 9.03. The number of rotatable bonds is 7. The van der Waals surface area contributed by atoms with Crippen molar-refractivity contribution in [2.24, 2.45) is 0 Å². The Bertz CT molecular complexity index is 1110. The first-order chi connectivity index (χ1) is 13.9. The summed E-state index contributed by atoms with van der Waals surface area (Å²) in [5.74, 6) is 0.595. The molecule has 1 aliphatic rings. The zero-order chi connectivity index (χ0) is 20.5. The molecule has 0 amide bonds. The lowest BCUT2D eigenvalue weighted by Crippen LogP contribution is -2.19. The van der Waals surface area contributed by atoms with E-state index in [1.54, 1.807) is 25.4 Å². The molecule has 1 N–H and O–H groups in total. The fourth-order valence-corrected chi connectivity index (χ4v) is 4.02. The van der Waals surface area contributed by atoms with Crippen molar-refractivity contribution < 1.29 is 13.2 Å². The molecule has 1 saturated carbocycles. The lowest BCUT2D eigenvalue weighted by molar-refractivity contribution is 0.398. The minimum absolute atomic E-state index is 0.0876. The SMILES string of the molecule is COc1ccc(NCC2(c3ccnc(-c4ccc(S(C)(=O)=O)cc4)c3)CC2)cn1. The van der Waals surface area contributed by atoms with Gasteiger partial charge in [0.2, 0.25) is 5.88 Å². The highest BCUT2D eigenvalue weighted by Gasteiger charge is 2.44. The normalized spacial score (nSPS) is 15.0. The summed E-state index contributed by atoms with van der Waals surface area (Å²) >= 11 is 0. The quantitative estimate of drug-likeness (QED) is 0.641. The van der Waals surface area contributed by atoms with Crippen LogP contribution in [0.1, 0.15) is 18.4 Å². The number of sulfone groups is 1. The predicted molar refractivity (Wildman–Crippen MR) is 113 cm³/mol. The van der Waals surface area contributed by atoms with Crippen LogP contribution in [0.15, 0.2) is 65.8 Å². The number of nitrogens with zero attached hydrogens (tertiary/aromatic N) is 2. The largest absolute Gasteiger partial charge is 0.481 e. The molecule has 0 aliphatic heterocycles. The highest BCUT2D eigenvalue weighted by atomic mass is 32.2. The van der Waals surface area contributed by atoms with Gasteiger partial charge >= 0.3 is 0 Å². The van der Waals surface area contributed by atoms with E-state index in [1.807, 2.05) is 30.5 Å². The van der Waals surface area contributed by atoms with Crippen molar-refractivity contribution in [3.63, 3.8) is 0 Å². The molecule has 4 rings (SSSR count). The van der Waals surface area contributed by atoms with E-state index in [-0.39, 0.29) is 5.41 Å². The van der Waals surface area contributed by atoms with Gasteiger partial charge in [-0.2, -0.15) is 0 Å². The number of ether oxygens (including phenoxy) is 1. The zero-order valence-electron chi connectivity index (χ0n) is 16.4. The van der Waals surface area contributed by atoms with Gasteiger partial charge in [-0.15, -0.1) is 0 Å². The average Bonchev–Trinajstić information content (AvgIpc) is 3.53. The maximum absolute atomic E-state index is 11.7. The van der Waals surface area contributed by atoms with Crippen molar-refractivity contribution in [2.75, 3.05) is 25.2 Å². The summed E-state index contributed by atoms with van der Waals surface area (Å²) in [6, 6.07) is 14.8. The van der Waals surface area contributed by atoms with Crippen LogP contribution in [0.25, 0.3) is 11.3 Å². The fraction of sp³-hybridized carbons (Fsp3) is 0.273. The lowest BCUT2D eigenvalue weighted by atomic mass is 9.95. The Balaban J connectivity index is 1.51. The van der Waals surface area contributed by atoms with Crippen LogP contribution in [0.3, 0.4) is 0 Å². The van der Waals surface area contributed by atoms with Crippen molar-refractivity contribution in [1.82, 2.24) is 9.97 Å². The molecule has 1 aliphatic carbocycles. The van der Waals surface area contributed by atoms with E-state index < -0.39 is 9.84 Å². The molecule has 6 nitrogen and oxygen atoms in total. The van der Waals surface area contributed by atoms with Crippen molar-refractivity contribution in [2.45, 2.75) is 23.2 Å². The Morgan fingerprint density at radius 2 is 1.83 bits per heavy atom. The average molecular weight is 410 g/mol. The van der Waals surface area contributed by atoms with Gasteiger partial charge in [-0.3, -0.25) is 4.98 Å². The number of benzene rings is 1. The molecule has 0 saturated heterocycles. The molecule has 1 fully saturated rings. The Kier molecular flexibility index (Phi) is 5.00. The Morgan fingerprint density at radius 1 is 1.07 bits per heavy atom. The van der Waals surface area contributed by atoms with E-state index >= 15 is 0 Å². The van der Waals surface area contributed by atoms with Crippen LogP contribution in [0.2, 0.25) is 0 Å². The number of aromatic nitrogens is 2. The molecule has 29 heavy (non-hydrogen) atoms. The third kappa shape index (κ3) is 4.24. The predicted octanol–water partition coefficient (Wildman–Crippen LogP) is 3.70. The minimum atomic E-state index is -3.20. The summed E-state index contributed by atoms with van der Waals surface area (Å²) in [5, 5.41) is 3.48. The number of methoxy groups -OCH3 is 1. The Labute approximate surface area is 170 Å². The molecule has 0 atom stereocenters. The molecular weight excluding hydrogens is 386 g/mol. The molecule has 2 heterocycles. The third-order valence-corrected chi connectivity index (χ3v) is 6.51. The maximum Gasteiger partial charge on any atom is 0.213 e. The standard InChI is InChI=1S/C22H23N3O3S/c1-28-21-8-5-18(14-24-21)25-15-22(10-11-22)17-9-12-23-20(13-17)16-3-6-19(7-4-16)29(2,26)27/h3-9,12-14,25H,10-11,15H2,1-2H3. The van der Waals surface area contributed by atoms with Gasteiger partial charge < -0.3 is 10.1 Å². The topological polar surface area (TPSA) is 81.2 Å². The summed E-state index contributed by atoms with van der Waals surface area (Å²) in [6.07, 6.45) is 7.03. The second-order valence-corrected chi connectivity index (χ2v) is 9.47. The van der Waals surface area contributed by atoms with Crippen LogP contribution < -0.4 is 10.1 Å². The van der Waals surface area contributed by atoms with Gasteiger partial charge in [0.25, 0.3) is 0 Å². The molecule has 0 spiro atoms. The van der Waals surface area contributed by atoms with Crippen LogP contribution >= 0.6 is 0 Å².